The molecule has 1 amide bonds. The summed E-state index contributed by atoms with van der Waals surface area (Å²) in [7, 11) is 1.61. The number of phenols is 1. The Kier molecular flexibility index (Phi) is 4.88. The lowest BCUT2D eigenvalue weighted by Crippen LogP contribution is -2.31. The summed E-state index contributed by atoms with van der Waals surface area (Å²) in [6.07, 6.45) is 0.622. The van der Waals surface area contributed by atoms with Crippen molar-refractivity contribution in [2.45, 2.75) is 26.3 Å². The van der Waals surface area contributed by atoms with Gasteiger partial charge in [0.1, 0.15) is 11.3 Å². The zero-order valence-corrected chi connectivity index (χ0v) is 16.7. The number of carbonyl (C=O) groups is 1. The lowest BCUT2D eigenvalue weighted by molar-refractivity contribution is 0.0707. The molecular weight excluding hydrogens is 370 g/mol. The minimum absolute atomic E-state index is 0.0807. The van der Waals surface area contributed by atoms with Crippen molar-refractivity contribution in [2.24, 2.45) is 0 Å². The standard InChI is InChI=1S/C23H23NO5/c1-13-10-14(2)21-17(11-13)20(26)18-19(15-6-4-7-16(25)12-15)24(8-5-9-28-3)23(27)22(18)29-21/h4,6-7,10-12,19,25H,5,8-9H2,1-3H3/t19-/m1/s1. The summed E-state index contributed by atoms with van der Waals surface area (Å²) in [5.41, 5.74) is 3.02. The monoisotopic (exact) mass is 393 g/mol. The van der Waals surface area contributed by atoms with Gasteiger partial charge in [-0.25, -0.2) is 0 Å². The van der Waals surface area contributed by atoms with Gasteiger partial charge in [-0.3, -0.25) is 9.59 Å². The number of fused-ring (bicyclic) bond motifs is 2. The summed E-state index contributed by atoms with van der Waals surface area (Å²) >= 11 is 0. The highest BCUT2D eigenvalue weighted by Gasteiger charge is 2.42. The van der Waals surface area contributed by atoms with Gasteiger partial charge in [-0.15, -0.1) is 0 Å². The molecule has 1 aliphatic heterocycles. The van der Waals surface area contributed by atoms with Crippen LogP contribution in [0.15, 0.2) is 45.6 Å². The fraction of sp³-hybridized carbons (Fsp3) is 0.304. The van der Waals surface area contributed by atoms with Crippen molar-refractivity contribution in [3.8, 4) is 5.75 Å². The number of hydrogen-bond donors (Lipinski definition) is 1. The third kappa shape index (κ3) is 3.19. The SMILES string of the molecule is COCCCN1C(=O)c2oc3c(C)cc(C)cc3c(=O)c2[C@H]1c1cccc(O)c1. The lowest BCUT2D eigenvalue weighted by Gasteiger charge is -2.25. The zero-order chi connectivity index (χ0) is 20.7. The number of rotatable bonds is 5. The van der Waals surface area contributed by atoms with Crippen molar-refractivity contribution in [3.05, 3.63) is 74.6 Å². The quantitative estimate of drug-likeness (QED) is 0.669. The first-order valence-electron chi connectivity index (χ1n) is 9.59. The molecule has 0 fully saturated rings. The van der Waals surface area contributed by atoms with Crippen molar-refractivity contribution in [2.75, 3.05) is 20.3 Å². The van der Waals surface area contributed by atoms with Gasteiger partial charge in [0.05, 0.1) is 17.0 Å². The fourth-order valence-corrected chi connectivity index (χ4v) is 4.13. The number of phenolic OH excluding ortho intramolecular Hbond substituents is 1. The molecule has 0 unspecified atom stereocenters. The van der Waals surface area contributed by atoms with Gasteiger partial charge in [0, 0.05) is 20.3 Å². The predicted molar refractivity (Wildman–Crippen MR) is 109 cm³/mol. The normalized spacial score (nSPS) is 15.9. The maximum atomic E-state index is 13.5. The van der Waals surface area contributed by atoms with Gasteiger partial charge in [0.2, 0.25) is 5.76 Å². The zero-order valence-electron chi connectivity index (χ0n) is 16.7. The third-order valence-electron chi connectivity index (χ3n) is 5.33. The Morgan fingerprint density at radius 2 is 1.97 bits per heavy atom. The van der Waals surface area contributed by atoms with Crippen LogP contribution in [-0.4, -0.2) is 36.2 Å². The van der Waals surface area contributed by atoms with Crippen molar-refractivity contribution in [1.29, 1.82) is 0 Å². The summed E-state index contributed by atoms with van der Waals surface area (Å²) in [6, 6.07) is 9.78. The molecule has 0 saturated heterocycles. The maximum Gasteiger partial charge on any atom is 0.290 e. The second-order valence-corrected chi connectivity index (χ2v) is 7.47. The largest absolute Gasteiger partial charge is 0.508 e. The Labute approximate surface area is 168 Å². The Morgan fingerprint density at radius 1 is 1.17 bits per heavy atom. The number of methoxy groups -OCH3 is 1. The first-order valence-corrected chi connectivity index (χ1v) is 9.59. The molecule has 0 saturated carbocycles. The Morgan fingerprint density at radius 3 is 2.69 bits per heavy atom. The van der Waals surface area contributed by atoms with E-state index >= 15 is 0 Å². The van der Waals surface area contributed by atoms with E-state index in [1.807, 2.05) is 19.9 Å². The van der Waals surface area contributed by atoms with Gasteiger partial charge in [-0.05, 0) is 55.2 Å². The molecule has 6 nitrogen and oxygen atoms in total. The molecule has 2 aromatic carbocycles. The molecule has 0 spiro atoms. The summed E-state index contributed by atoms with van der Waals surface area (Å²) in [4.78, 5) is 28.3. The number of amides is 1. The predicted octanol–water partition coefficient (Wildman–Crippen LogP) is 3.70. The van der Waals surface area contributed by atoms with Crippen LogP contribution in [0.4, 0.5) is 0 Å². The van der Waals surface area contributed by atoms with E-state index in [2.05, 4.69) is 0 Å². The first-order chi connectivity index (χ1) is 13.9. The molecule has 1 N–H and O–H groups in total. The minimum atomic E-state index is -0.608. The van der Waals surface area contributed by atoms with Gasteiger partial charge < -0.3 is 19.2 Å². The van der Waals surface area contributed by atoms with Gasteiger partial charge >= 0.3 is 0 Å². The number of aryl methyl sites for hydroxylation is 2. The molecule has 1 aliphatic rings. The van der Waals surface area contributed by atoms with Crippen LogP contribution < -0.4 is 5.43 Å². The van der Waals surface area contributed by atoms with Crippen molar-refractivity contribution < 1.29 is 19.1 Å². The van der Waals surface area contributed by atoms with E-state index < -0.39 is 6.04 Å². The van der Waals surface area contributed by atoms with E-state index in [0.29, 0.717) is 41.7 Å². The highest BCUT2D eigenvalue weighted by Crippen LogP contribution is 2.39. The van der Waals surface area contributed by atoms with Crippen LogP contribution in [0.2, 0.25) is 0 Å². The maximum absolute atomic E-state index is 13.5. The second kappa shape index (κ2) is 7.37. The van der Waals surface area contributed by atoms with Crippen LogP contribution in [0.25, 0.3) is 11.0 Å². The van der Waals surface area contributed by atoms with Crippen LogP contribution in [0.3, 0.4) is 0 Å². The number of aromatic hydroxyl groups is 1. The number of benzene rings is 2. The highest BCUT2D eigenvalue weighted by molar-refractivity contribution is 5.99. The molecule has 1 atom stereocenters. The van der Waals surface area contributed by atoms with E-state index in [4.69, 9.17) is 9.15 Å². The van der Waals surface area contributed by atoms with Gasteiger partial charge in [0.25, 0.3) is 5.91 Å². The highest BCUT2D eigenvalue weighted by atomic mass is 16.5. The molecule has 0 bridgehead atoms. The van der Waals surface area contributed by atoms with Crippen LogP contribution >= 0.6 is 0 Å². The van der Waals surface area contributed by atoms with Crippen LogP contribution in [0, 0.1) is 13.8 Å². The average molecular weight is 393 g/mol. The summed E-state index contributed by atoms with van der Waals surface area (Å²) in [5, 5.41) is 10.4. The van der Waals surface area contributed by atoms with Gasteiger partial charge in [-0.2, -0.15) is 0 Å². The molecule has 29 heavy (non-hydrogen) atoms. The third-order valence-corrected chi connectivity index (χ3v) is 5.33. The minimum Gasteiger partial charge on any atom is -0.508 e. The number of hydrogen-bond acceptors (Lipinski definition) is 5. The Bertz CT molecular complexity index is 1160. The van der Waals surface area contributed by atoms with E-state index in [1.54, 1.807) is 42.3 Å². The Balaban J connectivity index is 1.96. The second-order valence-electron chi connectivity index (χ2n) is 7.47. The molecule has 4 rings (SSSR count). The molecule has 3 aromatic rings. The van der Waals surface area contributed by atoms with Crippen molar-refractivity contribution >= 4 is 16.9 Å². The first kappa shape index (κ1) is 19.2. The number of carbonyl (C=O) groups excluding carboxylic acids is 1. The van der Waals surface area contributed by atoms with Crippen LogP contribution in [0.5, 0.6) is 5.75 Å². The van der Waals surface area contributed by atoms with E-state index in [0.717, 1.165) is 11.1 Å². The number of nitrogens with zero attached hydrogens (tertiary/aromatic N) is 1. The topological polar surface area (TPSA) is 80.0 Å². The fourth-order valence-electron chi connectivity index (χ4n) is 4.13. The van der Waals surface area contributed by atoms with Gasteiger partial charge in [-0.1, -0.05) is 18.2 Å². The van der Waals surface area contributed by atoms with E-state index in [9.17, 15) is 14.7 Å². The van der Waals surface area contributed by atoms with Crippen molar-refractivity contribution in [1.82, 2.24) is 4.90 Å². The van der Waals surface area contributed by atoms with Crippen molar-refractivity contribution in [3.63, 3.8) is 0 Å². The summed E-state index contributed by atoms with van der Waals surface area (Å²) in [6.45, 7) is 4.70. The summed E-state index contributed by atoms with van der Waals surface area (Å²) < 4.78 is 11.1. The van der Waals surface area contributed by atoms with Crippen LogP contribution in [0.1, 0.15) is 45.3 Å². The smallest absolute Gasteiger partial charge is 0.290 e. The molecule has 1 aromatic heterocycles. The number of ether oxygens (including phenoxy) is 1. The molecule has 0 radical (unpaired) electrons. The van der Waals surface area contributed by atoms with E-state index in [-0.39, 0.29) is 22.8 Å². The van der Waals surface area contributed by atoms with Gasteiger partial charge in [0.15, 0.2) is 5.43 Å². The van der Waals surface area contributed by atoms with Crippen LogP contribution in [-0.2, 0) is 4.74 Å². The summed E-state index contributed by atoms with van der Waals surface area (Å²) in [5.74, 6) is -0.152. The Hall–Kier alpha value is -3.12. The lowest BCUT2D eigenvalue weighted by atomic mass is 9.97. The molecule has 2 heterocycles. The molecule has 6 heteroatoms. The van der Waals surface area contributed by atoms with E-state index in [1.165, 1.54) is 0 Å². The molecule has 150 valence electrons. The molecular formula is C23H23NO5. The molecule has 0 aliphatic carbocycles. The average Bonchev–Trinajstić information content (AvgIpc) is 2.96.